The highest BCUT2D eigenvalue weighted by Gasteiger charge is 2.15. The summed E-state index contributed by atoms with van der Waals surface area (Å²) >= 11 is 3.21. The summed E-state index contributed by atoms with van der Waals surface area (Å²) in [5.74, 6) is 0.373. The van der Waals surface area contributed by atoms with Gasteiger partial charge in [-0.1, -0.05) is 5.16 Å². The highest BCUT2D eigenvalue weighted by molar-refractivity contribution is 9.10. The molecule has 102 valence electrons. The molecule has 0 spiro atoms. The Hall–Kier alpha value is -1.45. The van der Waals surface area contributed by atoms with Crippen molar-refractivity contribution in [3.8, 4) is 0 Å². The minimum Gasteiger partial charge on any atom is -0.398 e. The van der Waals surface area contributed by atoms with E-state index in [1.54, 1.807) is 6.07 Å². The van der Waals surface area contributed by atoms with Crippen molar-refractivity contribution >= 4 is 31.6 Å². The number of nitrogens with zero attached hydrogens (tertiary/aromatic N) is 2. The Morgan fingerprint density at radius 3 is 2.84 bits per heavy atom. The number of benzene rings is 1. The molecule has 0 atom stereocenters. The first-order chi connectivity index (χ1) is 8.99. The Morgan fingerprint density at radius 1 is 1.42 bits per heavy atom. The summed E-state index contributed by atoms with van der Waals surface area (Å²) in [4.78, 5) is 3.91. The van der Waals surface area contributed by atoms with E-state index in [-0.39, 0.29) is 11.4 Å². The van der Waals surface area contributed by atoms with Gasteiger partial charge in [0.25, 0.3) is 0 Å². The molecule has 1 aromatic carbocycles. The minimum atomic E-state index is -3.59. The number of halogens is 1. The second kappa shape index (κ2) is 5.68. The van der Waals surface area contributed by atoms with Crippen molar-refractivity contribution in [1.82, 2.24) is 14.9 Å². The van der Waals surface area contributed by atoms with Crippen molar-refractivity contribution in [2.24, 2.45) is 0 Å². The second-order valence-corrected chi connectivity index (χ2v) is 6.29. The summed E-state index contributed by atoms with van der Waals surface area (Å²) in [6.45, 7) is 0.167. The van der Waals surface area contributed by atoms with Crippen molar-refractivity contribution in [3.05, 3.63) is 34.9 Å². The number of sulfonamides is 1. The molecule has 19 heavy (non-hydrogen) atoms. The maximum atomic E-state index is 12.0. The van der Waals surface area contributed by atoms with Gasteiger partial charge in [-0.2, -0.15) is 4.98 Å². The largest absolute Gasteiger partial charge is 0.398 e. The van der Waals surface area contributed by atoms with Crippen LogP contribution in [-0.4, -0.2) is 25.1 Å². The van der Waals surface area contributed by atoms with Crippen LogP contribution in [0.25, 0.3) is 0 Å². The second-order valence-electron chi connectivity index (χ2n) is 3.67. The number of rotatable bonds is 5. The van der Waals surface area contributed by atoms with E-state index >= 15 is 0 Å². The van der Waals surface area contributed by atoms with Crippen LogP contribution in [-0.2, 0) is 16.4 Å². The number of nitrogen functional groups attached to an aromatic ring is 1. The molecule has 0 amide bonds. The third-order valence-electron chi connectivity index (χ3n) is 2.32. The van der Waals surface area contributed by atoms with Crippen molar-refractivity contribution in [1.29, 1.82) is 0 Å². The minimum absolute atomic E-state index is 0.110. The van der Waals surface area contributed by atoms with Crippen molar-refractivity contribution in [3.63, 3.8) is 0 Å². The van der Waals surface area contributed by atoms with Gasteiger partial charge in [-0.25, -0.2) is 13.1 Å². The predicted molar refractivity (Wildman–Crippen MR) is 71.7 cm³/mol. The summed E-state index contributed by atoms with van der Waals surface area (Å²) in [6.07, 6.45) is 1.59. The van der Waals surface area contributed by atoms with Gasteiger partial charge in [0.1, 0.15) is 0 Å². The Kier molecular flexibility index (Phi) is 4.17. The number of hydrogen-bond donors (Lipinski definition) is 2. The zero-order valence-corrected chi connectivity index (χ0v) is 12.1. The molecule has 7 nitrogen and oxygen atoms in total. The lowest BCUT2D eigenvalue weighted by Gasteiger charge is -2.07. The van der Waals surface area contributed by atoms with Crippen LogP contribution in [0.5, 0.6) is 0 Å². The lowest BCUT2D eigenvalue weighted by Crippen LogP contribution is -2.26. The number of anilines is 1. The average molecular weight is 347 g/mol. The molecular formula is C10H11BrN4O3S. The number of nitrogens with one attached hydrogen (secondary N) is 1. The standard InChI is InChI=1S/C10H11BrN4O3S/c11-8-2-1-7(5-9(8)12)19(16,17)15-4-3-10-13-6-14-18-10/h1-2,5-6,15H,3-4,12H2. The fourth-order valence-corrected chi connectivity index (χ4v) is 2.68. The van der Waals surface area contributed by atoms with Crippen LogP contribution in [0.2, 0.25) is 0 Å². The molecule has 0 radical (unpaired) electrons. The lowest BCUT2D eigenvalue weighted by molar-refractivity contribution is 0.377. The van der Waals surface area contributed by atoms with Crippen LogP contribution in [0.1, 0.15) is 5.89 Å². The van der Waals surface area contributed by atoms with Crippen LogP contribution in [0.4, 0.5) is 5.69 Å². The Bertz CT molecular complexity index is 657. The molecule has 0 bridgehead atoms. The van der Waals surface area contributed by atoms with Gasteiger partial charge >= 0.3 is 0 Å². The summed E-state index contributed by atoms with van der Waals surface area (Å²) in [6, 6.07) is 4.44. The van der Waals surface area contributed by atoms with Crippen LogP contribution < -0.4 is 10.5 Å². The Labute approximate surface area is 118 Å². The van der Waals surface area contributed by atoms with Gasteiger partial charge in [-0.05, 0) is 34.1 Å². The van der Waals surface area contributed by atoms with Gasteiger partial charge in [0.15, 0.2) is 6.33 Å². The molecule has 9 heteroatoms. The maximum Gasteiger partial charge on any atom is 0.240 e. The summed E-state index contributed by atoms with van der Waals surface area (Å²) in [7, 11) is -3.59. The van der Waals surface area contributed by atoms with Crippen molar-refractivity contribution in [2.75, 3.05) is 12.3 Å². The molecular weight excluding hydrogens is 336 g/mol. The molecule has 1 aromatic heterocycles. The van der Waals surface area contributed by atoms with Gasteiger partial charge < -0.3 is 10.3 Å². The summed E-state index contributed by atoms with van der Waals surface area (Å²) in [5.41, 5.74) is 6.01. The van der Waals surface area contributed by atoms with Crippen molar-refractivity contribution in [2.45, 2.75) is 11.3 Å². The molecule has 2 aromatic rings. The third-order valence-corrected chi connectivity index (χ3v) is 4.50. The normalized spacial score (nSPS) is 11.6. The topological polar surface area (TPSA) is 111 Å². The Balaban J connectivity index is 2.03. The van der Waals surface area contributed by atoms with Gasteiger partial charge in [0, 0.05) is 23.1 Å². The smallest absolute Gasteiger partial charge is 0.240 e. The van der Waals surface area contributed by atoms with Crippen LogP contribution >= 0.6 is 15.9 Å². The molecule has 0 saturated carbocycles. The van der Waals surface area contributed by atoms with Crippen LogP contribution in [0.3, 0.4) is 0 Å². The zero-order chi connectivity index (χ0) is 13.9. The van der Waals surface area contributed by atoms with Gasteiger partial charge in [-0.15, -0.1) is 0 Å². The predicted octanol–water partition coefficient (Wildman–Crippen LogP) is 0.935. The highest BCUT2D eigenvalue weighted by Crippen LogP contribution is 2.22. The van der Waals surface area contributed by atoms with E-state index in [9.17, 15) is 8.42 Å². The summed E-state index contributed by atoms with van der Waals surface area (Å²) in [5, 5.41) is 3.43. The van der Waals surface area contributed by atoms with E-state index in [4.69, 9.17) is 10.3 Å². The van der Waals surface area contributed by atoms with E-state index < -0.39 is 10.0 Å². The average Bonchev–Trinajstić information content (AvgIpc) is 2.85. The molecule has 1 heterocycles. The van der Waals surface area contributed by atoms with Gasteiger partial charge in [-0.3, -0.25) is 0 Å². The lowest BCUT2D eigenvalue weighted by atomic mass is 10.3. The van der Waals surface area contributed by atoms with Crippen LogP contribution in [0, 0.1) is 0 Å². The first-order valence-electron chi connectivity index (χ1n) is 5.29. The van der Waals surface area contributed by atoms with E-state index in [0.29, 0.717) is 22.5 Å². The first kappa shape index (κ1) is 14.0. The SMILES string of the molecule is Nc1cc(S(=O)(=O)NCCc2ncno2)ccc1Br. The molecule has 0 aliphatic rings. The molecule has 0 unspecified atom stereocenters. The fraction of sp³-hybridized carbons (Fsp3) is 0.200. The van der Waals surface area contributed by atoms with Gasteiger partial charge in [0.05, 0.1) is 4.90 Å². The van der Waals surface area contributed by atoms with E-state index in [1.165, 1.54) is 18.5 Å². The number of hydrogen-bond acceptors (Lipinski definition) is 6. The molecule has 0 aliphatic carbocycles. The number of aromatic nitrogens is 2. The molecule has 0 aliphatic heterocycles. The summed E-state index contributed by atoms with van der Waals surface area (Å²) < 4.78 is 31.8. The van der Waals surface area contributed by atoms with E-state index in [0.717, 1.165) is 0 Å². The highest BCUT2D eigenvalue weighted by atomic mass is 79.9. The van der Waals surface area contributed by atoms with Crippen LogP contribution in [0.15, 0.2) is 38.4 Å². The van der Waals surface area contributed by atoms with Crippen molar-refractivity contribution < 1.29 is 12.9 Å². The maximum absolute atomic E-state index is 12.0. The monoisotopic (exact) mass is 346 g/mol. The molecule has 2 rings (SSSR count). The Morgan fingerprint density at radius 2 is 2.21 bits per heavy atom. The molecule has 0 saturated heterocycles. The molecule has 0 fully saturated rings. The van der Waals surface area contributed by atoms with E-state index in [1.807, 2.05) is 0 Å². The quantitative estimate of drug-likeness (QED) is 0.779. The first-order valence-corrected chi connectivity index (χ1v) is 7.57. The van der Waals surface area contributed by atoms with E-state index in [2.05, 4.69) is 30.8 Å². The number of nitrogens with two attached hydrogens (primary N) is 1. The molecule has 3 N–H and O–H groups in total. The zero-order valence-electron chi connectivity index (χ0n) is 9.71. The fourth-order valence-electron chi connectivity index (χ4n) is 1.37. The third kappa shape index (κ3) is 3.52. The van der Waals surface area contributed by atoms with Gasteiger partial charge in [0.2, 0.25) is 15.9 Å².